The highest BCUT2D eigenvalue weighted by Gasteiger charge is 2.20. The van der Waals surface area contributed by atoms with Crippen molar-refractivity contribution < 1.29 is 5.11 Å². The minimum Gasteiger partial charge on any atom is -0.395 e. The average molecular weight is 207 g/mol. The molecule has 0 saturated carbocycles. The van der Waals surface area contributed by atoms with E-state index in [2.05, 4.69) is 23.1 Å². The third-order valence-corrected chi connectivity index (χ3v) is 3.50. The SMILES string of the molecule is OCCN1CCC(C2=CCCC=C2)CC1. The number of aliphatic hydroxyl groups is 1. The van der Waals surface area contributed by atoms with Gasteiger partial charge in [-0.05, 0) is 50.3 Å². The third-order valence-electron chi connectivity index (χ3n) is 3.50. The van der Waals surface area contributed by atoms with Gasteiger partial charge in [0.05, 0.1) is 6.61 Å². The summed E-state index contributed by atoms with van der Waals surface area (Å²) >= 11 is 0. The van der Waals surface area contributed by atoms with Crippen LogP contribution in [0.1, 0.15) is 25.7 Å². The maximum Gasteiger partial charge on any atom is 0.0558 e. The number of rotatable bonds is 3. The lowest BCUT2D eigenvalue weighted by Gasteiger charge is -2.32. The van der Waals surface area contributed by atoms with Crippen LogP contribution in [0.4, 0.5) is 0 Å². The molecule has 1 aliphatic carbocycles. The topological polar surface area (TPSA) is 23.5 Å². The summed E-state index contributed by atoms with van der Waals surface area (Å²) < 4.78 is 0. The van der Waals surface area contributed by atoms with E-state index in [1.165, 1.54) is 25.7 Å². The Hall–Kier alpha value is -0.600. The van der Waals surface area contributed by atoms with E-state index in [0.717, 1.165) is 25.6 Å². The monoisotopic (exact) mass is 207 g/mol. The molecule has 2 aliphatic rings. The van der Waals surface area contributed by atoms with Gasteiger partial charge in [0.2, 0.25) is 0 Å². The summed E-state index contributed by atoms with van der Waals surface area (Å²) in [6.07, 6.45) is 12.0. The zero-order valence-corrected chi connectivity index (χ0v) is 9.36. The van der Waals surface area contributed by atoms with E-state index >= 15 is 0 Å². The van der Waals surface area contributed by atoms with Crippen LogP contribution in [0.3, 0.4) is 0 Å². The molecule has 1 aliphatic heterocycles. The highest BCUT2D eigenvalue weighted by Crippen LogP contribution is 2.27. The first-order chi connectivity index (χ1) is 7.40. The Morgan fingerprint density at radius 2 is 2.07 bits per heavy atom. The van der Waals surface area contributed by atoms with Gasteiger partial charge in [0.15, 0.2) is 0 Å². The summed E-state index contributed by atoms with van der Waals surface area (Å²) in [6.45, 7) is 3.45. The van der Waals surface area contributed by atoms with Crippen LogP contribution in [0.25, 0.3) is 0 Å². The van der Waals surface area contributed by atoms with Crippen molar-refractivity contribution in [1.82, 2.24) is 4.90 Å². The predicted molar refractivity (Wildman–Crippen MR) is 62.7 cm³/mol. The minimum atomic E-state index is 0.299. The maximum atomic E-state index is 8.87. The van der Waals surface area contributed by atoms with E-state index in [1.807, 2.05) is 0 Å². The molecule has 2 rings (SSSR count). The summed E-state index contributed by atoms with van der Waals surface area (Å²) in [5.74, 6) is 0.775. The van der Waals surface area contributed by atoms with Crippen molar-refractivity contribution in [2.24, 2.45) is 5.92 Å². The van der Waals surface area contributed by atoms with Crippen LogP contribution in [0, 0.1) is 5.92 Å². The molecule has 1 saturated heterocycles. The first-order valence-corrected chi connectivity index (χ1v) is 6.10. The molecule has 2 heteroatoms. The van der Waals surface area contributed by atoms with Gasteiger partial charge >= 0.3 is 0 Å². The Bertz CT molecular complexity index is 249. The Morgan fingerprint density at radius 1 is 1.27 bits per heavy atom. The van der Waals surface area contributed by atoms with Crippen molar-refractivity contribution >= 4 is 0 Å². The maximum absolute atomic E-state index is 8.87. The Kier molecular flexibility index (Phi) is 3.98. The molecule has 0 aromatic carbocycles. The fraction of sp³-hybridized carbons (Fsp3) is 0.692. The third kappa shape index (κ3) is 2.93. The van der Waals surface area contributed by atoms with E-state index in [4.69, 9.17) is 5.11 Å². The zero-order valence-electron chi connectivity index (χ0n) is 9.36. The fourth-order valence-electron chi connectivity index (χ4n) is 2.57. The van der Waals surface area contributed by atoms with Gasteiger partial charge in [0.1, 0.15) is 0 Å². The highest BCUT2D eigenvalue weighted by molar-refractivity contribution is 5.25. The quantitative estimate of drug-likeness (QED) is 0.765. The molecule has 84 valence electrons. The molecule has 1 N–H and O–H groups in total. The molecule has 0 aromatic heterocycles. The van der Waals surface area contributed by atoms with Crippen LogP contribution < -0.4 is 0 Å². The van der Waals surface area contributed by atoms with E-state index < -0.39 is 0 Å². The van der Waals surface area contributed by atoms with Crippen LogP contribution in [-0.2, 0) is 0 Å². The van der Waals surface area contributed by atoms with Gasteiger partial charge in [-0.15, -0.1) is 0 Å². The molecule has 1 fully saturated rings. The molecule has 2 nitrogen and oxygen atoms in total. The second kappa shape index (κ2) is 5.47. The zero-order chi connectivity index (χ0) is 10.5. The van der Waals surface area contributed by atoms with Crippen LogP contribution >= 0.6 is 0 Å². The van der Waals surface area contributed by atoms with Gasteiger partial charge in [0, 0.05) is 6.54 Å². The molecule has 0 aromatic rings. The molecule has 15 heavy (non-hydrogen) atoms. The summed E-state index contributed by atoms with van der Waals surface area (Å²) in [5.41, 5.74) is 1.56. The fourth-order valence-corrected chi connectivity index (χ4v) is 2.57. The van der Waals surface area contributed by atoms with Gasteiger partial charge in [-0.3, -0.25) is 0 Å². The van der Waals surface area contributed by atoms with Gasteiger partial charge in [0.25, 0.3) is 0 Å². The number of hydrogen-bond acceptors (Lipinski definition) is 2. The summed E-state index contributed by atoms with van der Waals surface area (Å²) in [4.78, 5) is 2.36. The summed E-state index contributed by atoms with van der Waals surface area (Å²) in [7, 11) is 0. The van der Waals surface area contributed by atoms with E-state index in [1.54, 1.807) is 5.57 Å². The lowest BCUT2D eigenvalue weighted by Crippen LogP contribution is -2.36. The molecular weight excluding hydrogens is 186 g/mol. The number of hydrogen-bond donors (Lipinski definition) is 1. The lowest BCUT2D eigenvalue weighted by molar-refractivity contribution is 0.157. The standard InChI is InChI=1S/C13H21NO/c15-11-10-14-8-6-13(7-9-14)12-4-2-1-3-5-12/h2,4-5,13,15H,1,3,6-11H2. The number of allylic oxidation sites excluding steroid dienone is 4. The number of aliphatic hydroxyl groups excluding tert-OH is 1. The Labute approximate surface area is 92.3 Å². The molecule has 0 amide bonds. The molecule has 0 atom stereocenters. The van der Waals surface area contributed by atoms with Crippen LogP contribution in [-0.4, -0.2) is 36.2 Å². The first-order valence-electron chi connectivity index (χ1n) is 6.10. The Morgan fingerprint density at radius 3 is 2.67 bits per heavy atom. The second-order valence-corrected chi connectivity index (χ2v) is 4.52. The normalized spacial score (nSPS) is 24.2. The summed E-state index contributed by atoms with van der Waals surface area (Å²) in [5, 5.41) is 8.87. The number of likely N-dealkylation sites (tertiary alicyclic amines) is 1. The first kappa shape index (κ1) is 10.9. The van der Waals surface area contributed by atoms with Gasteiger partial charge in [-0.2, -0.15) is 0 Å². The largest absolute Gasteiger partial charge is 0.395 e. The van der Waals surface area contributed by atoms with E-state index in [-0.39, 0.29) is 0 Å². The lowest BCUT2D eigenvalue weighted by atomic mass is 9.86. The van der Waals surface area contributed by atoms with Crippen molar-refractivity contribution in [3.8, 4) is 0 Å². The molecule has 0 bridgehead atoms. The van der Waals surface area contributed by atoms with Gasteiger partial charge in [-0.25, -0.2) is 0 Å². The van der Waals surface area contributed by atoms with Crippen LogP contribution in [0.2, 0.25) is 0 Å². The highest BCUT2D eigenvalue weighted by atomic mass is 16.3. The van der Waals surface area contributed by atoms with Crippen molar-refractivity contribution in [3.05, 3.63) is 23.8 Å². The summed E-state index contributed by atoms with van der Waals surface area (Å²) in [6, 6.07) is 0. The number of nitrogens with zero attached hydrogens (tertiary/aromatic N) is 1. The van der Waals surface area contributed by atoms with Gasteiger partial charge in [-0.1, -0.05) is 18.2 Å². The minimum absolute atomic E-state index is 0.299. The van der Waals surface area contributed by atoms with Crippen molar-refractivity contribution in [3.63, 3.8) is 0 Å². The van der Waals surface area contributed by atoms with Crippen molar-refractivity contribution in [1.29, 1.82) is 0 Å². The van der Waals surface area contributed by atoms with Crippen LogP contribution in [0.5, 0.6) is 0 Å². The van der Waals surface area contributed by atoms with E-state index in [9.17, 15) is 0 Å². The van der Waals surface area contributed by atoms with E-state index in [0.29, 0.717) is 6.61 Å². The molecule has 0 spiro atoms. The number of piperidine rings is 1. The molecule has 1 heterocycles. The van der Waals surface area contributed by atoms with Crippen LogP contribution in [0.15, 0.2) is 23.8 Å². The molecule has 0 radical (unpaired) electrons. The van der Waals surface area contributed by atoms with Crippen molar-refractivity contribution in [2.45, 2.75) is 25.7 Å². The predicted octanol–water partition coefficient (Wildman–Crippen LogP) is 1.97. The molecular formula is C13H21NO. The number of β-amino-alcohol motifs (C(OH)–C–C–N with tert-alkyl or cyclic N) is 1. The average Bonchev–Trinajstić information content (AvgIpc) is 2.32. The van der Waals surface area contributed by atoms with Gasteiger partial charge < -0.3 is 10.0 Å². The Balaban J connectivity index is 1.82. The molecule has 0 unspecified atom stereocenters. The smallest absolute Gasteiger partial charge is 0.0558 e. The van der Waals surface area contributed by atoms with Crippen molar-refractivity contribution in [2.75, 3.05) is 26.2 Å². The second-order valence-electron chi connectivity index (χ2n) is 4.52.